The molecular weight excluding hydrogens is 322 g/mol. The van der Waals surface area contributed by atoms with Crippen molar-refractivity contribution >= 4 is 0 Å². The fourth-order valence-electron chi connectivity index (χ4n) is 2.96. The molecule has 1 aromatic heterocycles. The zero-order valence-electron chi connectivity index (χ0n) is 15.6. The van der Waals surface area contributed by atoms with E-state index in [1.54, 1.807) is 0 Å². The van der Waals surface area contributed by atoms with E-state index in [1.807, 2.05) is 30.0 Å². The van der Waals surface area contributed by atoms with E-state index in [1.165, 1.54) is 11.1 Å². The predicted molar refractivity (Wildman–Crippen MR) is 106 cm³/mol. The zero-order valence-corrected chi connectivity index (χ0v) is 15.6. The van der Waals surface area contributed by atoms with E-state index in [9.17, 15) is 0 Å². The van der Waals surface area contributed by atoms with E-state index < -0.39 is 0 Å². The molecule has 0 saturated carbocycles. The Labute approximate surface area is 155 Å². The number of benzene rings is 2. The highest BCUT2D eigenvalue weighted by Crippen LogP contribution is 2.20. The average Bonchev–Trinajstić information content (AvgIpc) is 3.05. The van der Waals surface area contributed by atoms with Gasteiger partial charge >= 0.3 is 0 Å². The fourth-order valence-corrected chi connectivity index (χ4v) is 2.96. The number of rotatable bonds is 9. The monoisotopic (exact) mass is 349 g/mol. The van der Waals surface area contributed by atoms with E-state index in [0.717, 1.165) is 43.0 Å². The molecule has 0 amide bonds. The van der Waals surface area contributed by atoms with E-state index in [-0.39, 0.29) is 0 Å². The van der Waals surface area contributed by atoms with Crippen LogP contribution in [0.15, 0.2) is 54.6 Å². The van der Waals surface area contributed by atoms with Crippen LogP contribution in [-0.2, 0) is 13.1 Å². The van der Waals surface area contributed by atoms with E-state index >= 15 is 0 Å². The van der Waals surface area contributed by atoms with Crippen LogP contribution >= 0.6 is 0 Å². The van der Waals surface area contributed by atoms with Gasteiger partial charge in [0.15, 0.2) is 0 Å². The molecule has 1 heterocycles. The molecule has 2 N–H and O–H groups in total. The number of hydrogen-bond donors (Lipinski definition) is 2. The number of nitrogens with zero attached hydrogens (tertiary/aromatic N) is 3. The number of hydrogen-bond acceptors (Lipinski definition) is 4. The van der Waals surface area contributed by atoms with Crippen LogP contribution in [0.4, 0.5) is 0 Å². The van der Waals surface area contributed by atoms with Crippen molar-refractivity contribution in [3.8, 4) is 11.3 Å². The molecule has 0 fully saturated rings. The van der Waals surface area contributed by atoms with Gasteiger partial charge in [-0.2, -0.15) is 15.0 Å². The van der Waals surface area contributed by atoms with Gasteiger partial charge in [-0.05, 0) is 39.0 Å². The van der Waals surface area contributed by atoms with Crippen LogP contribution in [0.5, 0.6) is 0 Å². The maximum absolute atomic E-state index is 4.77. The van der Waals surface area contributed by atoms with Crippen molar-refractivity contribution in [3.05, 3.63) is 71.4 Å². The first-order valence-electron chi connectivity index (χ1n) is 9.16. The summed E-state index contributed by atoms with van der Waals surface area (Å²) in [4.78, 5) is 1.81. The molecule has 3 rings (SSSR count). The Balaban J connectivity index is 1.78. The van der Waals surface area contributed by atoms with Gasteiger partial charge in [-0.3, -0.25) is 0 Å². The van der Waals surface area contributed by atoms with Gasteiger partial charge in [0.1, 0.15) is 11.4 Å². The topological polar surface area (TPSA) is 54.8 Å². The van der Waals surface area contributed by atoms with Crippen LogP contribution in [0, 0.1) is 6.92 Å². The lowest BCUT2D eigenvalue weighted by molar-refractivity contribution is 0.571. The third-order valence-electron chi connectivity index (χ3n) is 4.25. The molecule has 5 heteroatoms. The molecule has 26 heavy (non-hydrogen) atoms. The highest BCUT2D eigenvalue weighted by atomic mass is 15.5. The molecule has 5 nitrogen and oxygen atoms in total. The predicted octanol–water partition coefficient (Wildman–Crippen LogP) is 3.00. The number of aromatic nitrogens is 3. The second kappa shape index (κ2) is 9.27. The second-order valence-corrected chi connectivity index (χ2v) is 6.51. The molecule has 0 radical (unpaired) electrons. The van der Waals surface area contributed by atoms with Crippen LogP contribution in [-0.4, -0.2) is 35.1 Å². The zero-order chi connectivity index (χ0) is 18.2. The van der Waals surface area contributed by atoms with Gasteiger partial charge in [-0.1, -0.05) is 60.2 Å². The number of aryl methyl sites for hydroxylation is 1. The molecular formula is C21H27N5. The third kappa shape index (κ3) is 5.00. The first-order valence-corrected chi connectivity index (χ1v) is 9.16. The Morgan fingerprint density at radius 2 is 1.81 bits per heavy atom. The molecule has 2 aromatic carbocycles. The Morgan fingerprint density at radius 3 is 2.58 bits per heavy atom. The summed E-state index contributed by atoms with van der Waals surface area (Å²) in [5, 5.41) is 16.2. The van der Waals surface area contributed by atoms with Gasteiger partial charge in [0.05, 0.1) is 6.54 Å². The van der Waals surface area contributed by atoms with Crippen LogP contribution < -0.4 is 10.6 Å². The van der Waals surface area contributed by atoms with Gasteiger partial charge in [0.25, 0.3) is 0 Å². The molecule has 3 aromatic rings. The van der Waals surface area contributed by atoms with Crippen molar-refractivity contribution in [3.63, 3.8) is 0 Å². The first-order chi connectivity index (χ1) is 12.8. The summed E-state index contributed by atoms with van der Waals surface area (Å²) in [5.74, 6) is 0. The van der Waals surface area contributed by atoms with Gasteiger partial charge < -0.3 is 10.6 Å². The molecule has 136 valence electrons. The van der Waals surface area contributed by atoms with Crippen molar-refractivity contribution in [2.45, 2.75) is 26.4 Å². The minimum atomic E-state index is 0.682. The van der Waals surface area contributed by atoms with Crippen molar-refractivity contribution < 1.29 is 0 Å². The van der Waals surface area contributed by atoms with Crippen LogP contribution in [0.25, 0.3) is 11.3 Å². The molecule has 0 spiro atoms. The Hall–Kier alpha value is -2.50. The summed E-state index contributed by atoms with van der Waals surface area (Å²) in [6.45, 7) is 5.48. The van der Waals surface area contributed by atoms with Gasteiger partial charge in [-0.25, -0.2) is 0 Å². The molecule has 0 atom stereocenters. The standard InChI is InChI=1S/C21H27N5/c1-17-8-6-9-18(14-17)16-26-24-20(15-23-13-7-12-22-2)21(25-26)19-10-4-3-5-11-19/h3-6,8-11,14,22-23H,7,12-13,15-16H2,1-2H3. The minimum Gasteiger partial charge on any atom is -0.320 e. The van der Waals surface area contributed by atoms with Crippen molar-refractivity contribution in [1.82, 2.24) is 25.6 Å². The van der Waals surface area contributed by atoms with E-state index in [2.05, 4.69) is 54.0 Å². The maximum atomic E-state index is 4.77. The normalized spacial score (nSPS) is 11.0. The quantitative estimate of drug-likeness (QED) is 0.583. The lowest BCUT2D eigenvalue weighted by Gasteiger charge is -2.04. The highest BCUT2D eigenvalue weighted by Gasteiger charge is 2.13. The maximum Gasteiger partial charge on any atom is 0.117 e. The lowest BCUT2D eigenvalue weighted by Crippen LogP contribution is -2.20. The average molecular weight is 349 g/mol. The summed E-state index contributed by atoms with van der Waals surface area (Å²) in [7, 11) is 1.98. The fraction of sp³-hybridized carbons (Fsp3) is 0.333. The minimum absolute atomic E-state index is 0.682. The molecule has 0 aliphatic carbocycles. The van der Waals surface area contributed by atoms with E-state index in [4.69, 9.17) is 10.2 Å². The third-order valence-corrected chi connectivity index (χ3v) is 4.25. The Kier molecular flexibility index (Phi) is 6.52. The van der Waals surface area contributed by atoms with Crippen molar-refractivity contribution in [1.29, 1.82) is 0 Å². The molecule has 0 unspecified atom stereocenters. The Morgan fingerprint density at radius 1 is 0.962 bits per heavy atom. The largest absolute Gasteiger partial charge is 0.320 e. The summed E-state index contributed by atoms with van der Waals surface area (Å²) < 4.78 is 0. The lowest BCUT2D eigenvalue weighted by atomic mass is 10.1. The van der Waals surface area contributed by atoms with Gasteiger partial charge in [0, 0.05) is 12.1 Å². The summed E-state index contributed by atoms with van der Waals surface area (Å²) in [6, 6.07) is 18.8. The Bertz CT molecular complexity index is 810. The van der Waals surface area contributed by atoms with Crippen LogP contribution in [0.1, 0.15) is 23.2 Å². The summed E-state index contributed by atoms with van der Waals surface area (Å²) in [6.07, 6.45) is 1.09. The van der Waals surface area contributed by atoms with Gasteiger partial charge in [-0.15, -0.1) is 0 Å². The summed E-state index contributed by atoms with van der Waals surface area (Å²) >= 11 is 0. The van der Waals surface area contributed by atoms with Crippen LogP contribution in [0.3, 0.4) is 0 Å². The molecule has 0 saturated heterocycles. The summed E-state index contributed by atoms with van der Waals surface area (Å²) in [5.41, 5.74) is 5.53. The molecule has 0 bridgehead atoms. The smallest absolute Gasteiger partial charge is 0.117 e. The van der Waals surface area contributed by atoms with Crippen molar-refractivity contribution in [2.75, 3.05) is 20.1 Å². The molecule has 0 aliphatic heterocycles. The molecule has 0 aliphatic rings. The van der Waals surface area contributed by atoms with Crippen molar-refractivity contribution in [2.24, 2.45) is 0 Å². The number of nitrogens with one attached hydrogen (secondary N) is 2. The first kappa shape index (κ1) is 18.3. The van der Waals surface area contributed by atoms with Gasteiger partial charge in [0.2, 0.25) is 0 Å². The van der Waals surface area contributed by atoms with E-state index in [0.29, 0.717) is 6.54 Å². The highest BCUT2D eigenvalue weighted by molar-refractivity contribution is 5.60. The SMILES string of the molecule is CNCCCNCc1nn(Cc2cccc(C)c2)nc1-c1ccccc1. The second-order valence-electron chi connectivity index (χ2n) is 6.51. The van der Waals surface area contributed by atoms with Crippen LogP contribution in [0.2, 0.25) is 0 Å².